The van der Waals surface area contributed by atoms with Gasteiger partial charge in [-0.2, -0.15) is 11.8 Å². The molecule has 1 aliphatic heterocycles. The molecule has 19 heavy (non-hydrogen) atoms. The highest BCUT2D eigenvalue weighted by molar-refractivity contribution is 7.99. The third kappa shape index (κ3) is 3.90. The molecule has 1 saturated heterocycles. The average Bonchev–Trinajstić information content (AvgIpc) is 2.35. The Morgan fingerprint density at radius 3 is 2.84 bits per heavy atom. The fourth-order valence-corrected chi connectivity index (χ4v) is 2.77. The standard InChI is InChI=1S/C15H21NO2S/c1-3-8-19-11-15(17)16-9-13(10-16)18-14-7-5-4-6-12(14)2/h4-7,13H,3,8-11H2,1-2H3. The van der Waals surface area contributed by atoms with Crippen molar-refractivity contribution >= 4 is 17.7 Å². The molecule has 4 heteroatoms. The third-order valence-corrected chi connectivity index (χ3v) is 4.31. The number of nitrogens with zero attached hydrogens (tertiary/aromatic N) is 1. The van der Waals surface area contributed by atoms with Crippen LogP contribution in [0.3, 0.4) is 0 Å². The van der Waals surface area contributed by atoms with Gasteiger partial charge in [-0.25, -0.2) is 0 Å². The van der Waals surface area contributed by atoms with Crippen LogP contribution in [0.2, 0.25) is 0 Å². The van der Waals surface area contributed by atoms with Crippen LogP contribution in [0.5, 0.6) is 5.75 Å². The van der Waals surface area contributed by atoms with Crippen molar-refractivity contribution in [3.05, 3.63) is 29.8 Å². The number of carbonyl (C=O) groups is 1. The first kappa shape index (κ1) is 14.3. The summed E-state index contributed by atoms with van der Waals surface area (Å²) in [7, 11) is 0. The Bertz CT molecular complexity index is 430. The Hall–Kier alpha value is -1.16. The molecule has 0 spiro atoms. The van der Waals surface area contributed by atoms with Gasteiger partial charge in [-0.3, -0.25) is 4.79 Å². The zero-order valence-electron chi connectivity index (χ0n) is 11.6. The normalized spacial score (nSPS) is 15.2. The van der Waals surface area contributed by atoms with Crippen molar-refractivity contribution in [2.24, 2.45) is 0 Å². The second-order valence-electron chi connectivity index (χ2n) is 4.86. The molecule has 1 fully saturated rings. The fraction of sp³-hybridized carbons (Fsp3) is 0.533. The highest BCUT2D eigenvalue weighted by Crippen LogP contribution is 2.22. The topological polar surface area (TPSA) is 29.5 Å². The minimum absolute atomic E-state index is 0.154. The van der Waals surface area contributed by atoms with Gasteiger partial charge in [0.25, 0.3) is 0 Å². The summed E-state index contributed by atoms with van der Waals surface area (Å²) in [4.78, 5) is 13.7. The highest BCUT2D eigenvalue weighted by Gasteiger charge is 2.32. The molecule has 1 amide bonds. The van der Waals surface area contributed by atoms with Gasteiger partial charge in [0, 0.05) is 0 Å². The van der Waals surface area contributed by atoms with Crippen LogP contribution in [0.15, 0.2) is 24.3 Å². The van der Waals surface area contributed by atoms with E-state index >= 15 is 0 Å². The Morgan fingerprint density at radius 2 is 2.16 bits per heavy atom. The number of ether oxygens (including phenoxy) is 1. The van der Waals surface area contributed by atoms with E-state index < -0.39 is 0 Å². The van der Waals surface area contributed by atoms with E-state index in [1.807, 2.05) is 36.1 Å². The smallest absolute Gasteiger partial charge is 0.232 e. The molecule has 3 nitrogen and oxygen atoms in total. The lowest BCUT2D eigenvalue weighted by Gasteiger charge is -2.39. The van der Waals surface area contributed by atoms with E-state index in [0.29, 0.717) is 5.75 Å². The summed E-state index contributed by atoms with van der Waals surface area (Å²) >= 11 is 1.71. The van der Waals surface area contributed by atoms with Crippen molar-refractivity contribution in [2.45, 2.75) is 26.4 Å². The quantitative estimate of drug-likeness (QED) is 0.750. The number of para-hydroxylation sites is 1. The lowest BCUT2D eigenvalue weighted by atomic mass is 10.1. The molecular weight excluding hydrogens is 258 g/mol. The number of likely N-dealkylation sites (tertiary alicyclic amines) is 1. The summed E-state index contributed by atoms with van der Waals surface area (Å²) in [5, 5.41) is 0. The first-order valence-electron chi connectivity index (χ1n) is 6.78. The van der Waals surface area contributed by atoms with E-state index in [0.717, 1.165) is 36.6 Å². The summed E-state index contributed by atoms with van der Waals surface area (Å²) in [5.74, 6) is 2.83. The Labute approximate surface area is 119 Å². The van der Waals surface area contributed by atoms with Gasteiger partial charge in [-0.05, 0) is 30.7 Å². The molecule has 1 aromatic carbocycles. The predicted octanol–water partition coefficient (Wildman–Crippen LogP) is 2.73. The summed E-state index contributed by atoms with van der Waals surface area (Å²) in [6, 6.07) is 8.00. The average molecular weight is 279 g/mol. The van der Waals surface area contributed by atoms with Crippen LogP contribution in [-0.2, 0) is 4.79 Å². The van der Waals surface area contributed by atoms with E-state index in [9.17, 15) is 4.79 Å². The maximum absolute atomic E-state index is 11.8. The first-order chi connectivity index (χ1) is 9.20. The van der Waals surface area contributed by atoms with Crippen molar-refractivity contribution in [3.63, 3.8) is 0 Å². The molecule has 1 aliphatic rings. The van der Waals surface area contributed by atoms with Crippen LogP contribution in [0.25, 0.3) is 0 Å². The molecule has 0 radical (unpaired) electrons. The number of aryl methyl sites for hydroxylation is 1. The van der Waals surface area contributed by atoms with Crippen LogP contribution in [-0.4, -0.2) is 41.5 Å². The number of hydrogen-bond acceptors (Lipinski definition) is 3. The molecular formula is C15H21NO2S. The van der Waals surface area contributed by atoms with Crippen LogP contribution in [0.1, 0.15) is 18.9 Å². The van der Waals surface area contributed by atoms with Gasteiger partial charge in [0.2, 0.25) is 5.91 Å². The maximum atomic E-state index is 11.8. The van der Waals surface area contributed by atoms with E-state index in [2.05, 4.69) is 6.92 Å². The van der Waals surface area contributed by atoms with Gasteiger partial charge in [0.05, 0.1) is 18.8 Å². The molecule has 0 aromatic heterocycles. The Morgan fingerprint density at radius 1 is 1.42 bits per heavy atom. The van der Waals surface area contributed by atoms with Crippen molar-refractivity contribution in [1.82, 2.24) is 4.90 Å². The van der Waals surface area contributed by atoms with E-state index in [1.165, 1.54) is 0 Å². The molecule has 0 bridgehead atoms. The molecule has 1 heterocycles. The van der Waals surface area contributed by atoms with Crippen molar-refractivity contribution in [3.8, 4) is 5.75 Å². The minimum atomic E-state index is 0.154. The lowest BCUT2D eigenvalue weighted by molar-refractivity contribution is -0.137. The number of benzene rings is 1. The van der Waals surface area contributed by atoms with E-state index in [1.54, 1.807) is 11.8 Å². The molecule has 1 aromatic rings. The number of hydrogen-bond donors (Lipinski definition) is 0. The van der Waals surface area contributed by atoms with Gasteiger partial charge in [-0.15, -0.1) is 0 Å². The molecule has 0 unspecified atom stereocenters. The molecule has 0 aliphatic carbocycles. The fourth-order valence-electron chi connectivity index (χ4n) is 1.98. The number of thioether (sulfide) groups is 1. The van der Waals surface area contributed by atoms with Gasteiger partial charge in [-0.1, -0.05) is 25.1 Å². The van der Waals surface area contributed by atoms with Gasteiger partial charge < -0.3 is 9.64 Å². The zero-order valence-corrected chi connectivity index (χ0v) is 12.4. The molecule has 2 rings (SSSR count). The van der Waals surface area contributed by atoms with E-state index in [4.69, 9.17) is 4.74 Å². The van der Waals surface area contributed by atoms with Crippen molar-refractivity contribution < 1.29 is 9.53 Å². The number of rotatable bonds is 6. The van der Waals surface area contributed by atoms with E-state index in [-0.39, 0.29) is 12.0 Å². The molecule has 0 saturated carbocycles. The summed E-state index contributed by atoms with van der Waals surface area (Å²) in [6.07, 6.45) is 1.28. The van der Waals surface area contributed by atoms with Gasteiger partial charge >= 0.3 is 0 Å². The van der Waals surface area contributed by atoms with Gasteiger partial charge in [0.15, 0.2) is 0 Å². The van der Waals surface area contributed by atoms with Gasteiger partial charge in [0.1, 0.15) is 11.9 Å². The zero-order chi connectivity index (χ0) is 13.7. The summed E-state index contributed by atoms with van der Waals surface area (Å²) < 4.78 is 5.89. The van der Waals surface area contributed by atoms with Crippen LogP contribution >= 0.6 is 11.8 Å². The van der Waals surface area contributed by atoms with Crippen LogP contribution in [0.4, 0.5) is 0 Å². The SMILES string of the molecule is CCCSCC(=O)N1CC(Oc2ccccc2C)C1. The third-order valence-electron chi connectivity index (χ3n) is 3.16. The van der Waals surface area contributed by atoms with Crippen LogP contribution < -0.4 is 4.74 Å². The Kier molecular flexibility index (Phi) is 5.14. The largest absolute Gasteiger partial charge is 0.486 e. The lowest BCUT2D eigenvalue weighted by Crippen LogP contribution is -2.56. The monoisotopic (exact) mass is 279 g/mol. The second-order valence-corrected chi connectivity index (χ2v) is 5.96. The summed E-state index contributed by atoms with van der Waals surface area (Å²) in [6.45, 7) is 5.62. The number of amides is 1. The molecule has 0 atom stereocenters. The maximum Gasteiger partial charge on any atom is 0.232 e. The molecule has 0 N–H and O–H groups in total. The second kappa shape index (κ2) is 6.85. The van der Waals surface area contributed by atoms with Crippen molar-refractivity contribution in [1.29, 1.82) is 0 Å². The molecule has 104 valence electrons. The van der Waals surface area contributed by atoms with Crippen LogP contribution in [0, 0.1) is 6.92 Å². The Balaban J connectivity index is 1.71. The minimum Gasteiger partial charge on any atom is -0.486 e. The summed E-state index contributed by atoms with van der Waals surface area (Å²) in [5.41, 5.74) is 1.14. The number of carbonyl (C=O) groups excluding carboxylic acids is 1. The highest BCUT2D eigenvalue weighted by atomic mass is 32.2. The predicted molar refractivity (Wildman–Crippen MR) is 79.8 cm³/mol. The first-order valence-corrected chi connectivity index (χ1v) is 7.94. The van der Waals surface area contributed by atoms with Crippen molar-refractivity contribution in [2.75, 3.05) is 24.6 Å².